The van der Waals surface area contributed by atoms with Crippen LogP contribution < -0.4 is 11.1 Å². The van der Waals surface area contributed by atoms with Crippen molar-refractivity contribution in [3.63, 3.8) is 0 Å². The van der Waals surface area contributed by atoms with Crippen LogP contribution in [0.4, 0.5) is 0 Å². The van der Waals surface area contributed by atoms with E-state index in [0.29, 0.717) is 12.2 Å². The maximum Gasteiger partial charge on any atom is 0.251 e. The number of phenolic OH excluding ortho intramolecular Hbond substituents is 1. The van der Waals surface area contributed by atoms with Crippen LogP contribution in [0.3, 0.4) is 0 Å². The van der Waals surface area contributed by atoms with Crippen molar-refractivity contribution in [2.75, 3.05) is 6.61 Å². The molecular weight excluding hydrogens is 232 g/mol. The number of aromatic hydroxyl groups is 1. The number of hydrogen-bond acceptors (Lipinski definition) is 4. The first-order valence-electron chi connectivity index (χ1n) is 6.09. The predicted octanol–water partition coefficient (Wildman–Crippen LogP) is 0.627. The summed E-state index contributed by atoms with van der Waals surface area (Å²) in [6, 6.07) is 5.93. The van der Waals surface area contributed by atoms with Crippen molar-refractivity contribution in [2.45, 2.75) is 31.5 Å². The van der Waals surface area contributed by atoms with E-state index >= 15 is 0 Å². The summed E-state index contributed by atoms with van der Waals surface area (Å²) in [5, 5.41) is 12.0. The van der Waals surface area contributed by atoms with E-state index in [1.807, 2.05) is 6.92 Å². The number of hydrogen-bond donors (Lipinski definition) is 3. The molecule has 0 saturated heterocycles. The van der Waals surface area contributed by atoms with Crippen molar-refractivity contribution in [1.29, 1.82) is 0 Å². The fourth-order valence-corrected chi connectivity index (χ4v) is 2.07. The van der Waals surface area contributed by atoms with Gasteiger partial charge in [-0.2, -0.15) is 0 Å². The molecule has 1 aromatic carbocycles. The van der Waals surface area contributed by atoms with Gasteiger partial charge in [0, 0.05) is 18.2 Å². The molecule has 5 nitrogen and oxygen atoms in total. The normalized spacial score (nSPS) is 26.4. The molecule has 3 unspecified atom stereocenters. The first-order chi connectivity index (χ1) is 8.61. The number of phenols is 1. The molecule has 0 aromatic heterocycles. The van der Waals surface area contributed by atoms with Crippen LogP contribution in [0.25, 0.3) is 0 Å². The van der Waals surface area contributed by atoms with Gasteiger partial charge in [0.05, 0.1) is 12.1 Å². The van der Waals surface area contributed by atoms with Gasteiger partial charge in [-0.05, 0) is 37.6 Å². The second-order valence-electron chi connectivity index (χ2n) is 4.44. The molecule has 98 valence electrons. The fraction of sp³-hybridized carbons (Fsp3) is 0.462. The third kappa shape index (κ3) is 2.63. The molecule has 1 fully saturated rings. The number of ether oxygens (including phenoxy) is 1. The van der Waals surface area contributed by atoms with E-state index in [9.17, 15) is 4.79 Å². The minimum atomic E-state index is -0.195. The lowest BCUT2D eigenvalue weighted by Crippen LogP contribution is -2.64. The highest BCUT2D eigenvalue weighted by Crippen LogP contribution is 2.23. The van der Waals surface area contributed by atoms with Crippen LogP contribution in [-0.4, -0.2) is 35.8 Å². The van der Waals surface area contributed by atoms with Crippen molar-refractivity contribution in [3.05, 3.63) is 29.8 Å². The fourth-order valence-electron chi connectivity index (χ4n) is 2.07. The summed E-state index contributed by atoms with van der Waals surface area (Å²) in [5.41, 5.74) is 6.36. The number of amides is 1. The molecule has 0 aliphatic heterocycles. The summed E-state index contributed by atoms with van der Waals surface area (Å²) in [6.45, 7) is 2.53. The Bertz CT molecular complexity index is 417. The Balaban J connectivity index is 1.96. The van der Waals surface area contributed by atoms with Crippen molar-refractivity contribution < 1.29 is 14.6 Å². The van der Waals surface area contributed by atoms with E-state index in [0.717, 1.165) is 6.42 Å². The van der Waals surface area contributed by atoms with Crippen LogP contribution in [0.2, 0.25) is 0 Å². The van der Waals surface area contributed by atoms with Crippen molar-refractivity contribution in [2.24, 2.45) is 5.73 Å². The van der Waals surface area contributed by atoms with Crippen LogP contribution in [0.15, 0.2) is 24.3 Å². The van der Waals surface area contributed by atoms with E-state index in [2.05, 4.69) is 5.32 Å². The molecule has 18 heavy (non-hydrogen) atoms. The summed E-state index contributed by atoms with van der Waals surface area (Å²) in [7, 11) is 0. The standard InChI is InChI=1S/C13H18N2O3/c1-2-18-11-7-10(14)12(11)15-13(17)8-3-5-9(16)6-4-8/h3-6,10-12,16H,2,7,14H2,1H3,(H,15,17). The molecule has 0 bridgehead atoms. The van der Waals surface area contributed by atoms with Gasteiger partial charge in [0.2, 0.25) is 0 Å². The molecule has 1 amide bonds. The zero-order valence-electron chi connectivity index (χ0n) is 10.3. The minimum Gasteiger partial charge on any atom is -0.508 e. The van der Waals surface area contributed by atoms with Crippen molar-refractivity contribution in [3.8, 4) is 5.75 Å². The van der Waals surface area contributed by atoms with Crippen molar-refractivity contribution in [1.82, 2.24) is 5.32 Å². The lowest BCUT2D eigenvalue weighted by atomic mass is 9.83. The van der Waals surface area contributed by atoms with Crippen LogP contribution in [0.5, 0.6) is 5.75 Å². The van der Waals surface area contributed by atoms with Gasteiger partial charge in [-0.1, -0.05) is 0 Å². The van der Waals surface area contributed by atoms with Crippen LogP contribution in [-0.2, 0) is 4.74 Å². The molecule has 4 N–H and O–H groups in total. The highest BCUT2D eigenvalue weighted by atomic mass is 16.5. The van der Waals surface area contributed by atoms with E-state index in [4.69, 9.17) is 15.6 Å². The zero-order chi connectivity index (χ0) is 13.1. The van der Waals surface area contributed by atoms with E-state index in [1.54, 1.807) is 12.1 Å². The molecule has 0 heterocycles. The molecule has 1 aliphatic rings. The quantitative estimate of drug-likeness (QED) is 0.731. The number of nitrogens with one attached hydrogen (secondary N) is 1. The number of rotatable bonds is 4. The van der Waals surface area contributed by atoms with Gasteiger partial charge >= 0.3 is 0 Å². The first-order valence-corrected chi connectivity index (χ1v) is 6.09. The minimum absolute atomic E-state index is 0.00562. The third-order valence-electron chi connectivity index (χ3n) is 3.17. The Kier molecular flexibility index (Phi) is 3.84. The van der Waals surface area contributed by atoms with Gasteiger partial charge in [0.15, 0.2) is 0 Å². The number of benzene rings is 1. The second kappa shape index (κ2) is 5.37. The Morgan fingerprint density at radius 3 is 2.72 bits per heavy atom. The molecule has 3 atom stereocenters. The average Bonchev–Trinajstić information content (AvgIpc) is 2.36. The average molecular weight is 250 g/mol. The SMILES string of the molecule is CCOC1CC(N)C1NC(=O)c1ccc(O)cc1. The molecule has 0 radical (unpaired) electrons. The largest absolute Gasteiger partial charge is 0.508 e. The molecule has 2 rings (SSSR count). The Morgan fingerprint density at radius 1 is 1.50 bits per heavy atom. The van der Waals surface area contributed by atoms with E-state index in [-0.39, 0.29) is 29.8 Å². The third-order valence-corrected chi connectivity index (χ3v) is 3.17. The first kappa shape index (κ1) is 12.9. The highest BCUT2D eigenvalue weighted by Gasteiger charge is 2.40. The van der Waals surface area contributed by atoms with E-state index in [1.165, 1.54) is 12.1 Å². The molecule has 1 saturated carbocycles. The van der Waals surface area contributed by atoms with Crippen LogP contribution in [0.1, 0.15) is 23.7 Å². The smallest absolute Gasteiger partial charge is 0.251 e. The van der Waals surface area contributed by atoms with Crippen LogP contribution >= 0.6 is 0 Å². The monoisotopic (exact) mass is 250 g/mol. The lowest BCUT2D eigenvalue weighted by molar-refractivity contribution is -0.0300. The Labute approximate surface area is 106 Å². The predicted molar refractivity (Wildman–Crippen MR) is 67.4 cm³/mol. The number of carbonyl (C=O) groups excluding carboxylic acids is 1. The summed E-state index contributed by atoms with van der Waals surface area (Å²) in [5.74, 6) is -0.0565. The van der Waals surface area contributed by atoms with E-state index < -0.39 is 0 Å². The van der Waals surface area contributed by atoms with Gasteiger partial charge in [-0.3, -0.25) is 4.79 Å². The maximum absolute atomic E-state index is 12.0. The summed E-state index contributed by atoms with van der Waals surface area (Å²) >= 11 is 0. The molecule has 5 heteroatoms. The zero-order valence-corrected chi connectivity index (χ0v) is 10.3. The van der Waals surface area contributed by atoms with Gasteiger partial charge in [0.25, 0.3) is 5.91 Å². The van der Waals surface area contributed by atoms with Crippen molar-refractivity contribution >= 4 is 5.91 Å². The Morgan fingerprint density at radius 2 is 2.17 bits per heavy atom. The number of carbonyl (C=O) groups is 1. The van der Waals surface area contributed by atoms with Crippen LogP contribution in [0, 0.1) is 0 Å². The molecule has 1 aromatic rings. The summed E-state index contributed by atoms with van der Waals surface area (Å²) in [4.78, 5) is 12.0. The highest BCUT2D eigenvalue weighted by molar-refractivity contribution is 5.94. The van der Waals surface area contributed by atoms with Gasteiger partial charge in [0.1, 0.15) is 5.75 Å². The van der Waals surface area contributed by atoms with Gasteiger partial charge in [-0.15, -0.1) is 0 Å². The molecule has 1 aliphatic carbocycles. The Hall–Kier alpha value is -1.59. The lowest BCUT2D eigenvalue weighted by Gasteiger charge is -2.42. The molecule has 0 spiro atoms. The summed E-state index contributed by atoms with van der Waals surface area (Å²) in [6.07, 6.45) is 0.778. The number of nitrogens with two attached hydrogens (primary N) is 1. The topological polar surface area (TPSA) is 84.6 Å². The van der Waals surface area contributed by atoms with Gasteiger partial charge in [-0.25, -0.2) is 0 Å². The molecular formula is C13H18N2O3. The van der Waals surface area contributed by atoms with Gasteiger partial charge < -0.3 is 20.9 Å². The summed E-state index contributed by atoms with van der Waals surface area (Å²) < 4.78 is 5.48. The maximum atomic E-state index is 12.0. The second-order valence-corrected chi connectivity index (χ2v) is 4.44.